The summed E-state index contributed by atoms with van der Waals surface area (Å²) >= 11 is 0. The van der Waals surface area contributed by atoms with Gasteiger partial charge in [0.15, 0.2) is 0 Å². The van der Waals surface area contributed by atoms with Crippen LogP contribution in [0.3, 0.4) is 0 Å². The van der Waals surface area contributed by atoms with Crippen LogP contribution in [0.2, 0.25) is 0 Å². The Kier molecular flexibility index (Phi) is 5.80. The van der Waals surface area contributed by atoms with Crippen molar-refractivity contribution in [2.75, 3.05) is 18.8 Å². The molecule has 7 heteroatoms. The third-order valence-electron chi connectivity index (χ3n) is 1.40. The van der Waals surface area contributed by atoms with Crippen LogP contribution in [0.5, 0.6) is 0 Å². The van der Waals surface area contributed by atoms with Crippen LogP contribution >= 0.6 is 0 Å². The lowest BCUT2D eigenvalue weighted by Crippen LogP contribution is -2.33. The van der Waals surface area contributed by atoms with Gasteiger partial charge in [0.05, 0.1) is 5.75 Å². The number of carbonyl (C=O) groups is 1. The van der Waals surface area contributed by atoms with Crippen LogP contribution in [0.15, 0.2) is 17.6 Å². The number of amides is 1. The zero-order valence-electron chi connectivity index (χ0n) is 8.43. The molecule has 0 aromatic heterocycles. The fourth-order valence-electron chi connectivity index (χ4n) is 0.783. The molecule has 15 heavy (non-hydrogen) atoms. The van der Waals surface area contributed by atoms with Gasteiger partial charge >= 0.3 is 0 Å². The highest BCUT2D eigenvalue weighted by molar-refractivity contribution is 7.85. The fraction of sp³-hybridized carbons (Fsp3) is 0.500. The van der Waals surface area contributed by atoms with Gasteiger partial charge in [0.1, 0.15) is 5.71 Å². The second kappa shape index (κ2) is 6.31. The van der Waals surface area contributed by atoms with Gasteiger partial charge in [-0.1, -0.05) is 6.58 Å². The number of hydrogen-bond donors (Lipinski definition) is 2. The molecule has 1 amide bonds. The summed E-state index contributed by atoms with van der Waals surface area (Å²) in [6.45, 7) is 5.44. The van der Waals surface area contributed by atoms with Gasteiger partial charge in [-0.2, -0.15) is 8.42 Å². The van der Waals surface area contributed by atoms with E-state index >= 15 is 0 Å². The normalized spacial score (nSPS) is 12.3. The molecule has 2 N–H and O–H groups in total. The quantitative estimate of drug-likeness (QED) is 0.484. The fourth-order valence-corrected chi connectivity index (χ4v) is 1.14. The number of hydrogen-bond acceptors (Lipinski definition) is 4. The summed E-state index contributed by atoms with van der Waals surface area (Å²) in [4.78, 5) is 15.1. The van der Waals surface area contributed by atoms with E-state index in [-0.39, 0.29) is 12.3 Å². The summed E-state index contributed by atoms with van der Waals surface area (Å²) < 4.78 is 29.1. The van der Waals surface area contributed by atoms with Crippen LogP contribution in [0.25, 0.3) is 0 Å². The summed E-state index contributed by atoms with van der Waals surface area (Å²) in [6.07, 6.45) is 1.28. The second-order valence-electron chi connectivity index (χ2n) is 2.61. The van der Waals surface area contributed by atoms with Gasteiger partial charge in [-0.25, -0.2) is 0 Å². The maximum atomic E-state index is 11.3. The summed E-state index contributed by atoms with van der Waals surface area (Å²) in [5.41, 5.74) is 0.146. The molecule has 6 nitrogen and oxygen atoms in total. The Hall–Kier alpha value is -1.21. The molecule has 0 saturated carbocycles. The topological polar surface area (TPSA) is 95.8 Å². The molecule has 0 aromatic rings. The Bertz CT molecular complexity index is 359. The van der Waals surface area contributed by atoms with Gasteiger partial charge in [0, 0.05) is 13.1 Å². The molecule has 0 radical (unpaired) electrons. The Morgan fingerprint density at radius 3 is 2.60 bits per heavy atom. The predicted molar refractivity (Wildman–Crippen MR) is 57.6 cm³/mol. The van der Waals surface area contributed by atoms with Gasteiger partial charge < -0.3 is 5.32 Å². The van der Waals surface area contributed by atoms with Crippen molar-refractivity contribution in [2.24, 2.45) is 4.99 Å². The monoisotopic (exact) mass is 234 g/mol. The first kappa shape index (κ1) is 13.8. The number of rotatable bonds is 6. The van der Waals surface area contributed by atoms with Gasteiger partial charge in [-0.05, 0) is 13.0 Å². The molecule has 0 spiro atoms. The van der Waals surface area contributed by atoms with E-state index in [1.165, 1.54) is 6.08 Å². The molecule has 0 heterocycles. The van der Waals surface area contributed by atoms with Crippen molar-refractivity contribution in [3.8, 4) is 0 Å². The molecule has 0 fully saturated rings. The minimum Gasteiger partial charge on any atom is -0.350 e. The molecule has 0 aliphatic heterocycles. The first-order chi connectivity index (χ1) is 6.90. The first-order valence-corrected chi connectivity index (χ1v) is 5.92. The van der Waals surface area contributed by atoms with Crippen molar-refractivity contribution in [3.63, 3.8) is 0 Å². The molecule has 0 bridgehead atoms. The number of nitrogens with zero attached hydrogens (tertiary/aromatic N) is 1. The Morgan fingerprint density at radius 2 is 2.20 bits per heavy atom. The molecule has 0 aliphatic rings. The summed E-state index contributed by atoms with van der Waals surface area (Å²) in [7, 11) is -4.04. The summed E-state index contributed by atoms with van der Waals surface area (Å²) in [5, 5.41) is 2.29. The third-order valence-corrected chi connectivity index (χ3v) is 2.12. The van der Waals surface area contributed by atoms with Gasteiger partial charge in [0.25, 0.3) is 16.0 Å². The van der Waals surface area contributed by atoms with Crippen molar-refractivity contribution in [3.05, 3.63) is 12.7 Å². The summed E-state index contributed by atoms with van der Waals surface area (Å²) in [5.74, 6) is -1.02. The minimum absolute atomic E-state index is 0.146. The van der Waals surface area contributed by atoms with E-state index in [1.54, 1.807) is 6.92 Å². The average molecular weight is 234 g/mol. The van der Waals surface area contributed by atoms with Crippen LogP contribution in [-0.2, 0) is 14.9 Å². The number of aliphatic imine (C=N–C) groups is 1. The van der Waals surface area contributed by atoms with Crippen LogP contribution in [-0.4, -0.2) is 43.4 Å². The van der Waals surface area contributed by atoms with Crippen LogP contribution in [0.4, 0.5) is 0 Å². The van der Waals surface area contributed by atoms with Gasteiger partial charge in [-0.3, -0.25) is 14.3 Å². The van der Waals surface area contributed by atoms with Crippen LogP contribution in [0, 0.1) is 0 Å². The minimum atomic E-state index is -4.04. The van der Waals surface area contributed by atoms with E-state index < -0.39 is 21.8 Å². The van der Waals surface area contributed by atoms with Crippen molar-refractivity contribution in [1.29, 1.82) is 0 Å². The lowest BCUT2D eigenvalue weighted by Gasteiger charge is -2.03. The van der Waals surface area contributed by atoms with Crippen molar-refractivity contribution in [1.82, 2.24) is 5.32 Å². The number of carbonyl (C=O) groups excluding carboxylic acids is 1. The van der Waals surface area contributed by atoms with Crippen molar-refractivity contribution < 1.29 is 17.8 Å². The highest BCUT2D eigenvalue weighted by Gasteiger charge is 2.09. The third kappa shape index (κ3) is 6.81. The molecular formula is C8H14N2O4S. The van der Waals surface area contributed by atoms with Crippen LogP contribution < -0.4 is 5.32 Å². The SMILES string of the molecule is C=CC(=NCC)C(=O)NCCS(=O)(=O)O. The molecular weight excluding hydrogens is 220 g/mol. The molecule has 86 valence electrons. The second-order valence-corrected chi connectivity index (χ2v) is 4.18. The molecule has 0 aromatic carbocycles. The van der Waals surface area contributed by atoms with Crippen molar-refractivity contribution >= 4 is 21.7 Å². The first-order valence-electron chi connectivity index (χ1n) is 4.31. The smallest absolute Gasteiger partial charge is 0.269 e. The maximum absolute atomic E-state index is 11.3. The standard InChI is InChI=1S/C8H14N2O4S/c1-3-7(9-4-2)8(11)10-5-6-15(12,13)14/h3H,1,4-6H2,2H3,(H,10,11)(H,12,13,14). The average Bonchev–Trinajstić information content (AvgIpc) is 2.11. The van der Waals surface area contributed by atoms with E-state index in [1.807, 2.05) is 0 Å². The van der Waals surface area contributed by atoms with E-state index in [9.17, 15) is 13.2 Å². The highest BCUT2D eigenvalue weighted by Crippen LogP contribution is 1.84. The molecule has 0 aliphatic carbocycles. The Balaban J connectivity index is 4.15. The van der Waals surface area contributed by atoms with Crippen LogP contribution in [0.1, 0.15) is 6.92 Å². The molecule has 0 rings (SSSR count). The highest BCUT2D eigenvalue weighted by atomic mass is 32.2. The Labute approximate surface area is 88.8 Å². The maximum Gasteiger partial charge on any atom is 0.269 e. The Morgan fingerprint density at radius 1 is 1.60 bits per heavy atom. The van der Waals surface area contributed by atoms with E-state index in [0.29, 0.717) is 6.54 Å². The van der Waals surface area contributed by atoms with E-state index in [2.05, 4.69) is 16.9 Å². The zero-order valence-corrected chi connectivity index (χ0v) is 9.25. The lowest BCUT2D eigenvalue weighted by atomic mass is 10.3. The van der Waals surface area contributed by atoms with E-state index in [4.69, 9.17) is 4.55 Å². The lowest BCUT2D eigenvalue weighted by molar-refractivity contribution is -0.114. The predicted octanol–water partition coefficient (Wildman–Crippen LogP) is -0.363. The van der Waals surface area contributed by atoms with E-state index in [0.717, 1.165) is 0 Å². The molecule has 0 unspecified atom stereocenters. The molecule has 0 saturated heterocycles. The molecule has 0 atom stereocenters. The zero-order chi connectivity index (χ0) is 11.9. The van der Waals surface area contributed by atoms with Gasteiger partial charge in [-0.15, -0.1) is 0 Å². The number of nitrogens with one attached hydrogen (secondary N) is 1. The largest absolute Gasteiger partial charge is 0.350 e. The van der Waals surface area contributed by atoms with Gasteiger partial charge in [0.2, 0.25) is 0 Å². The van der Waals surface area contributed by atoms with Crippen molar-refractivity contribution in [2.45, 2.75) is 6.92 Å². The summed E-state index contributed by atoms with van der Waals surface area (Å²) in [6, 6.07) is 0.